The molecule has 0 unspecified atom stereocenters. The summed E-state index contributed by atoms with van der Waals surface area (Å²) in [6.07, 6.45) is 0. The van der Waals surface area contributed by atoms with E-state index in [-0.39, 0.29) is 4.75 Å². The van der Waals surface area contributed by atoms with Crippen molar-refractivity contribution in [1.29, 1.82) is 5.26 Å². The summed E-state index contributed by atoms with van der Waals surface area (Å²) in [5.74, 6) is 0.807. The van der Waals surface area contributed by atoms with E-state index in [9.17, 15) is 8.42 Å². The van der Waals surface area contributed by atoms with E-state index in [4.69, 9.17) is 5.26 Å². The standard InChI is InChI=1S/C14H18N2O2S2/c1-11-8-12(9-15)4-5-13(11)20(17,18)16-6-7-19-14(2,3)10-16/h4-5,8H,6-7,10H2,1-3H3. The third-order valence-electron chi connectivity index (χ3n) is 3.31. The second-order valence-electron chi connectivity index (χ2n) is 5.54. The van der Waals surface area contributed by atoms with Gasteiger partial charge in [0.05, 0.1) is 16.5 Å². The minimum Gasteiger partial charge on any atom is -0.207 e. The average molecular weight is 310 g/mol. The van der Waals surface area contributed by atoms with Crippen molar-refractivity contribution >= 4 is 21.8 Å². The highest BCUT2D eigenvalue weighted by Gasteiger charge is 2.35. The number of thioether (sulfide) groups is 1. The van der Waals surface area contributed by atoms with Gasteiger partial charge in [-0.1, -0.05) is 0 Å². The highest BCUT2D eigenvalue weighted by Crippen LogP contribution is 2.33. The van der Waals surface area contributed by atoms with Gasteiger partial charge in [0.2, 0.25) is 10.0 Å². The van der Waals surface area contributed by atoms with Crippen LogP contribution in [0.3, 0.4) is 0 Å². The summed E-state index contributed by atoms with van der Waals surface area (Å²) < 4.78 is 26.9. The van der Waals surface area contributed by atoms with Crippen LogP contribution in [0.5, 0.6) is 0 Å². The number of aryl methyl sites for hydroxylation is 1. The van der Waals surface area contributed by atoms with Crippen molar-refractivity contribution in [3.8, 4) is 6.07 Å². The maximum Gasteiger partial charge on any atom is 0.243 e. The Labute approximate surface area is 124 Å². The average Bonchev–Trinajstić information content (AvgIpc) is 2.37. The lowest BCUT2D eigenvalue weighted by Crippen LogP contribution is -2.46. The van der Waals surface area contributed by atoms with Gasteiger partial charge in [-0.05, 0) is 44.5 Å². The Bertz CT molecular complexity index is 660. The summed E-state index contributed by atoms with van der Waals surface area (Å²) in [5, 5.41) is 8.86. The van der Waals surface area contributed by atoms with Crippen LogP contribution >= 0.6 is 11.8 Å². The number of rotatable bonds is 2. The molecule has 1 heterocycles. The first-order valence-electron chi connectivity index (χ1n) is 6.41. The smallest absolute Gasteiger partial charge is 0.207 e. The van der Waals surface area contributed by atoms with Gasteiger partial charge < -0.3 is 0 Å². The molecule has 20 heavy (non-hydrogen) atoms. The first-order chi connectivity index (χ1) is 9.26. The first-order valence-corrected chi connectivity index (χ1v) is 8.84. The molecule has 0 N–H and O–H groups in total. The molecule has 0 bridgehead atoms. The van der Waals surface area contributed by atoms with E-state index in [1.807, 2.05) is 6.07 Å². The van der Waals surface area contributed by atoms with E-state index in [0.29, 0.717) is 29.1 Å². The van der Waals surface area contributed by atoms with Crippen LogP contribution in [0, 0.1) is 18.3 Å². The van der Waals surface area contributed by atoms with Crippen molar-refractivity contribution in [2.45, 2.75) is 30.4 Å². The maximum atomic E-state index is 12.7. The van der Waals surface area contributed by atoms with E-state index in [1.54, 1.807) is 35.1 Å². The Balaban J connectivity index is 2.38. The molecule has 1 fully saturated rings. The molecule has 6 heteroatoms. The largest absolute Gasteiger partial charge is 0.243 e. The Kier molecular flexibility index (Phi) is 4.14. The highest BCUT2D eigenvalue weighted by molar-refractivity contribution is 8.00. The molecule has 108 valence electrons. The monoisotopic (exact) mass is 310 g/mol. The quantitative estimate of drug-likeness (QED) is 0.841. The van der Waals surface area contributed by atoms with Gasteiger partial charge in [0.15, 0.2) is 0 Å². The van der Waals surface area contributed by atoms with Gasteiger partial charge in [-0.25, -0.2) is 8.42 Å². The summed E-state index contributed by atoms with van der Waals surface area (Å²) in [5.41, 5.74) is 1.11. The number of sulfonamides is 1. The third-order valence-corrected chi connectivity index (χ3v) is 6.62. The Morgan fingerprint density at radius 2 is 2.10 bits per heavy atom. The van der Waals surface area contributed by atoms with Crippen molar-refractivity contribution in [1.82, 2.24) is 4.31 Å². The topological polar surface area (TPSA) is 61.2 Å². The Morgan fingerprint density at radius 3 is 2.65 bits per heavy atom. The molecule has 1 aromatic rings. The van der Waals surface area contributed by atoms with Crippen LogP contribution in [0.1, 0.15) is 25.0 Å². The van der Waals surface area contributed by atoms with Crippen LogP contribution in [0.2, 0.25) is 0 Å². The molecule has 1 aliphatic heterocycles. The predicted molar refractivity (Wildman–Crippen MR) is 81.2 cm³/mol. The zero-order valence-electron chi connectivity index (χ0n) is 11.9. The van der Waals surface area contributed by atoms with E-state index in [0.717, 1.165) is 5.75 Å². The van der Waals surface area contributed by atoms with Gasteiger partial charge in [0.25, 0.3) is 0 Å². The van der Waals surface area contributed by atoms with E-state index in [1.165, 1.54) is 6.07 Å². The van der Waals surface area contributed by atoms with Crippen molar-refractivity contribution in [2.75, 3.05) is 18.8 Å². The van der Waals surface area contributed by atoms with Crippen LogP contribution in [-0.4, -0.2) is 36.3 Å². The molecule has 0 aliphatic carbocycles. The van der Waals surface area contributed by atoms with Gasteiger partial charge in [0.1, 0.15) is 0 Å². The molecule has 2 rings (SSSR count). The van der Waals surface area contributed by atoms with Gasteiger partial charge >= 0.3 is 0 Å². The van der Waals surface area contributed by atoms with Gasteiger partial charge in [-0.15, -0.1) is 0 Å². The molecule has 1 saturated heterocycles. The minimum atomic E-state index is -3.48. The fraction of sp³-hybridized carbons (Fsp3) is 0.500. The van der Waals surface area contributed by atoms with Gasteiger partial charge in [-0.3, -0.25) is 0 Å². The lowest BCUT2D eigenvalue weighted by molar-refractivity contribution is 0.387. The Hall–Kier alpha value is -1.03. The lowest BCUT2D eigenvalue weighted by Gasteiger charge is -2.36. The molecule has 0 aromatic heterocycles. The number of hydrogen-bond acceptors (Lipinski definition) is 4. The van der Waals surface area contributed by atoms with Gasteiger partial charge in [-0.2, -0.15) is 21.3 Å². The SMILES string of the molecule is Cc1cc(C#N)ccc1S(=O)(=O)N1CCSC(C)(C)C1. The number of hydrogen-bond donors (Lipinski definition) is 0. The molecule has 0 radical (unpaired) electrons. The summed E-state index contributed by atoms with van der Waals surface area (Å²) >= 11 is 1.80. The molecule has 1 aromatic carbocycles. The van der Waals surface area contributed by atoms with E-state index < -0.39 is 10.0 Å². The zero-order valence-corrected chi connectivity index (χ0v) is 13.5. The van der Waals surface area contributed by atoms with Crippen LogP contribution in [-0.2, 0) is 10.0 Å². The van der Waals surface area contributed by atoms with Crippen molar-refractivity contribution in [3.63, 3.8) is 0 Å². The van der Waals surface area contributed by atoms with Crippen LogP contribution in [0.25, 0.3) is 0 Å². The molecule has 0 saturated carbocycles. The summed E-state index contributed by atoms with van der Waals surface area (Å²) in [6.45, 7) is 6.91. The molecule has 1 aliphatic rings. The third kappa shape index (κ3) is 3.00. The lowest BCUT2D eigenvalue weighted by atomic mass is 10.2. The van der Waals surface area contributed by atoms with Gasteiger partial charge in [0, 0.05) is 23.6 Å². The van der Waals surface area contributed by atoms with Crippen LogP contribution in [0.15, 0.2) is 23.1 Å². The molecular formula is C14H18N2O2S2. The predicted octanol–water partition coefficient (Wildman–Crippen LogP) is 2.38. The number of benzene rings is 1. The minimum absolute atomic E-state index is 0.0637. The number of nitrogens with zero attached hydrogens (tertiary/aromatic N) is 2. The van der Waals surface area contributed by atoms with Crippen molar-refractivity contribution in [2.24, 2.45) is 0 Å². The molecular weight excluding hydrogens is 292 g/mol. The number of nitriles is 1. The van der Waals surface area contributed by atoms with Crippen molar-refractivity contribution < 1.29 is 8.42 Å². The summed E-state index contributed by atoms with van der Waals surface area (Å²) in [7, 11) is -3.48. The van der Waals surface area contributed by atoms with E-state index >= 15 is 0 Å². The normalized spacial score (nSPS) is 19.5. The molecule has 0 atom stereocenters. The van der Waals surface area contributed by atoms with Crippen LogP contribution in [0.4, 0.5) is 0 Å². The second kappa shape index (κ2) is 5.40. The molecule has 0 amide bonds. The maximum absolute atomic E-state index is 12.7. The second-order valence-corrected chi connectivity index (χ2v) is 9.25. The Morgan fingerprint density at radius 1 is 1.40 bits per heavy atom. The summed E-state index contributed by atoms with van der Waals surface area (Å²) in [6, 6.07) is 6.75. The van der Waals surface area contributed by atoms with E-state index in [2.05, 4.69) is 13.8 Å². The molecule has 4 nitrogen and oxygen atoms in total. The fourth-order valence-electron chi connectivity index (χ4n) is 2.33. The fourth-order valence-corrected chi connectivity index (χ4v) is 5.44. The van der Waals surface area contributed by atoms with Crippen molar-refractivity contribution in [3.05, 3.63) is 29.3 Å². The highest BCUT2D eigenvalue weighted by atomic mass is 32.2. The first kappa shape index (κ1) is 15.4. The zero-order chi connectivity index (χ0) is 15.0. The van der Waals surface area contributed by atoms with Crippen LogP contribution < -0.4 is 0 Å². The summed E-state index contributed by atoms with van der Waals surface area (Å²) in [4.78, 5) is 0.305. The molecule has 0 spiro atoms.